The molecule has 1 aromatic carbocycles. The second-order valence-electron chi connectivity index (χ2n) is 5.19. The normalized spacial score (nSPS) is 19.5. The highest BCUT2D eigenvalue weighted by molar-refractivity contribution is 5.32. The molecule has 3 rings (SSSR count). The number of aryl methyl sites for hydroxylation is 1. The first kappa shape index (κ1) is 12.3. The Kier molecular flexibility index (Phi) is 3.55. The molecule has 0 amide bonds. The number of tetrazole rings is 1. The molecular weight excluding hydrogens is 238 g/mol. The molecular formula is C14H19N5. The molecule has 100 valence electrons. The molecule has 1 aromatic heterocycles. The highest BCUT2D eigenvalue weighted by Crippen LogP contribution is 2.11. The van der Waals surface area contributed by atoms with Gasteiger partial charge in [-0.1, -0.05) is 18.6 Å². The highest BCUT2D eigenvalue weighted by Gasteiger charge is 2.16. The van der Waals surface area contributed by atoms with Crippen LogP contribution in [0.2, 0.25) is 0 Å². The molecule has 0 radical (unpaired) electrons. The zero-order valence-electron chi connectivity index (χ0n) is 11.2. The average Bonchev–Trinajstić information content (AvgIpc) is 2.88. The van der Waals surface area contributed by atoms with Crippen LogP contribution in [0.15, 0.2) is 24.3 Å². The van der Waals surface area contributed by atoms with E-state index in [9.17, 15) is 0 Å². The van der Waals surface area contributed by atoms with E-state index < -0.39 is 0 Å². The zero-order chi connectivity index (χ0) is 13.1. The van der Waals surface area contributed by atoms with E-state index in [1.807, 2.05) is 12.1 Å². The third-order valence-corrected chi connectivity index (χ3v) is 3.53. The predicted molar refractivity (Wildman–Crippen MR) is 73.2 cm³/mol. The smallest absolute Gasteiger partial charge is 0.176 e. The van der Waals surface area contributed by atoms with Crippen LogP contribution >= 0.6 is 0 Å². The van der Waals surface area contributed by atoms with Crippen molar-refractivity contribution in [3.8, 4) is 5.69 Å². The maximum Gasteiger partial charge on any atom is 0.176 e. The fourth-order valence-corrected chi connectivity index (χ4v) is 2.51. The molecule has 1 saturated heterocycles. The molecule has 1 N–H and O–H groups in total. The molecule has 19 heavy (non-hydrogen) atoms. The number of piperidine rings is 1. The van der Waals surface area contributed by atoms with Crippen LogP contribution in [-0.2, 0) is 6.42 Å². The Balaban J connectivity index is 1.72. The van der Waals surface area contributed by atoms with Crippen LogP contribution in [0.25, 0.3) is 5.69 Å². The molecule has 1 unspecified atom stereocenters. The third kappa shape index (κ3) is 2.98. The molecule has 5 heteroatoms. The van der Waals surface area contributed by atoms with Crippen molar-refractivity contribution in [2.75, 3.05) is 6.54 Å². The third-order valence-electron chi connectivity index (χ3n) is 3.53. The lowest BCUT2D eigenvalue weighted by Gasteiger charge is -2.21. The molecule has 0 spiro atoms. The van der Waals surface area contributed by atoms with Gasteiger partial charge >= 0.3 is 0 Å². The van der Waals surface area contributed by atoms with Gasteiger partial charge in [-0.15, -0.1) is 15.0 Å². The summed E-state index contributed by atoms with van der Waals surface area (Å²) in [4.78, 5) is 1.62. The minimum absolute atomic E-state index is 0.504. The van der Waals surface area contributed by atoms with Crippen LogP contribution in [0, 0.1) is 6.92 Å². The van der Waals surface area contributed by atoms with Gasteiger partial charge in [0.2, 0.25) is 0 Å². The Morgan fingerprint density at radius 1 is 1.37 bits per heavy atom. The van der Waals surface area contributed by atoms with Crippen molar-refractivity contribution in [3.05, 3.63) is 35.7 Å². The van der Waals surface area contributed by atoms with Gasteiger partial charge in [-0.2, -0.15) is 0 Å². The molecule has 0 bridgehead atoms. The van der Waals surface area contributed by atoms with E-state index >= 15 is 0 Å². The van der Waals surface area contributed by atoms with Crippen molar-refractivity contribution in [3.63, 3.8) is 0 Å². The number of aromatic nitrogens is 4. The van der Waals surface area contributed by atoms with Gasteiger partial charge in [0.15, 0.2) is 5.82 Å². The Hall–Kier alpha value is -1.75. The van der Waals surface area contributed by atoms with E-state index in [0.717, 1.165) is 24.5 Å². The highest BCUT2D eigenvalue weighted by atomic mass is 15.6. The summed E-state index contributed by atoms with van der Waals surface area (Å²) in [5.74, 6) is 0.820. The first-order valence-electron chi connectivity index (χ1n) is 6.90. The van der Waals surface area contributed by atoms with Gasteiger partial charge in [0.1, 0.15) is 0 Å². The van der Waals surface area contributed by atoms with Crippen LogP contribution in [0.4, 0.5) is 0 Å². The molecule has 2 heterocycles. The zero-order valence-corrected chi connectivity index (χ0v) is 11.2. The Morgan fingerprint density at radius 3 is 3.11 bits per heavy atom. The van der Waals surface area contributed by atoms with Crippen molar-refractivity contribution in [1.29, 1.82) is 0 Å². The topological polar surface area (TPSA) is 55.6 Å². The molecule has 0 saturated carbocycles. The minimum Gasteiger partial charge on any atom is -0.314 e. The van der Waals surface area contributed by atoms with Gasteiger partial charge in [0.05, 0.1) is 5.69 Å². The average molecular weight is 257 g/mol. The van der Waals surface area contributed by atoms with Gasteiger partial charge in [-0.3, -0.25) is 0 Å². The van der Waals surface area contributed by atoms with Crippen LogP contribution in [0.3, 0.4) is 0 Å². The number of nitrogens with zero attached hydrogens (tertiary/aromatic N) is 4. The number of hydrogen-bond acceptors (Lipinski definition) is 4. The number of benzene rings is 1. The Bertz CT molecular complexity index is 542. The second kappa shape index (κ2) is 5.48. The van der Waals surface area contributed by atoms with Crippen LogP contribution in [0.1, 0.15) is 30.7 Å². The van der Waals surface area contributed by atoms with Crippen LogP contribution < -0.4 is 5.32 Å². The quantitative estimate of drug-likeness (QED) is 0.908. The lowest BCUT2D eigenvalue weighted by molar-refractivity contribution is 0.394. The Morgan fingerprint density at radius 2 is 2.32 bits per heavy atom. The summed E-state index contributed by atoms with van der Waals surface area (Å²) in [6.45, 7) is 3.17. The SMILES string of the molecule is Cc1cccc(-n2nnc(CC3CCCCN3)n2)c1. The van der Waals surface area contributed by atoms with Crippen molar-refractivity contribution in [1.82, 2.24) is 25.5 Å². The van der Waals surface area contributed by atoms with E-state index in [2.05, 4.69) is 39.8 Å². The van der Waals surface area contributed by atoms with E-state index in [1.165, 1.54) is 24.8 Å². The lowest BCUT2D eigenvalue weighted by Crippen LogP contribution is -2.35. The second-order valence-corrected chi connectivity index (χ2v) is 5.19. The molecule has 5 nitrogen and oxygen atoms in total. The van der Waals surface area contributed by atoms with Crippen molar-refractivity contribution in [2.24, 2.45) is 0 Å². The summed E-state index contributed by atoms with van der Waals surface area (Å²) < 4.78 is 0. The van der Waals surface area contributed by atoms with Crippen molar-refractivity contribution >= 4 is 0 Å². The maximum atomic E-state index is 4.47. The number of nitrogens with one attached hydrogen (secondary N) is 1. The lowest BCUT2D eigenvalue weighted by atomic mass is 10.0. The molecule has 2 aromatic rings. The van der Waals surface area contributed by atoms with E-state index in [4.69, 9.17) is 0 Å². The fourth-order valence-electron chi connectivity index (χ4n) is 2.51. The Labute approximate surface area is 113 Å². The van der Waals surface area contributed by atoms with Gasteiger partial charge < -0.3 is 5.32 Å². The number of hydrogen-bond donors (Lipinski definition) is 1. The van der Waals surface area contributed by atoms with E-state index in [1.54, 1.807) is 4.80 Å². The summed E-state index contributed by atoms with van der Waals surface area (Å²) in [5.41, 5.74) is 2.17. The van der Waals surface area contributed by atoms with Gasteiger partial charge in [0, 0.05) is 12.5 Å². The summed E-state index contributed by atoms with van der Waals surface area (Å²) in [7, 11) is 0. The largest absolute Gasteiger partial charge is 0.314 e. The standard InChI is InChI=1S/C14H19N5/c1-11-5-4-7-13(9-11)19-17-14(16-18-19)10-12-6-2-3-8-15-12/h4-5,7,9,12,15H,2-3,6,8,10H2,1H3. The summed E-state index contributed by atoms with van der Waals surface area (Å²) >= 11 is 0. The van der Waals surface area contributed by atoms with E-state index in [0.29, 0.717) is 6.04 Å². The van der Waals surface area contributed by atoms with Gasteiger partial charge in [0.25, 0.3) is 0 Å². The molecule has 1 fully saturated rings. The van der Waals surface area contributed by atoms with Crippen LogP contribution in [-0.4, -0.2) is 32.8 Å². The predicted octanol–water partition coefficient (Wildman–Crippen LogP) is 1.66. The summed E-state index contributed by atoms with van der Waals surface area (Å²) in [6, 6.07) is 8.63. The number of rotatable bonds is 3. The summed E-state index contributed by atoms with van der Waals surface area (Å²) in [6.07, 6.45) is 4.65. The van der Waals surface area contributed by atoms with E-state index in [-0.39, 0.29) is 0 Å². The van der Waals surface area contributed by atoms with Crippen molar-refractivity contribution < 1.29 is 0 Å². The first-order chi connectivity index (χ1) is 9.31. The van der Waals surface area contributed by atoms with Gasteiger partial charge in [-0.05, 0) is 49.2 Å². The fraction of sp³-hybridized carbons (Fsp3) is 0.500. The first-order valence-corrected chi connectivity index (χ1v) is 6.90. The monoisotopic (exact) mass is 257 g/mol. The molecule has 1 aliphatic rings. The summed E-state index contributed by atoms with van der Waals surface area (Å²) in [5, 5.41) is 16.3. The van der Waals surface area contributed by atoms with Gasteiger partial charge in [-0.25, -0.2) is 0 Å². The molecule has 1 atom stereocenters. The van der Waals surface area contributed by atoms with Crippen LogP contribution in [0.5, 0.6) is 0 Å². The maximum absolute atomic E-state index is 4.47. The molecule has 0 aliphatic carbocycles. The molecule has 1 aliphatic heterocycles. The minimum atomic E-state index is 0.504. The van der Waals surface area contributed by atoms with Crippen molar-refractivity contribution in [2.45, 2.75) is 38.6 Å².